The average molecular weight is 437 g/mol. The van der Waals surface area contributed by atoms with Crippen LogP contribution in [0, 0.1) is 11.8 Å². The molecule has 172 valence electrons. The molecule has 3 aliphatic rings. The van der Waals surface area contributed by atoms with Crippen LogP contribution in [-0.2, 0) is 4.74 Å². The molecule has 6 nitrogen and oxygen atoms in total. The SMILES string of the molecule is CC1CCC(Nc2ncc(-c3ccc(N4CCOCC4)cc3)c(OCC3CCC3)n2)CC1. The Morgan fingerprint density at radius 2 is 1.78 bits per heavy atom. The number of morpholine rings is 1. The number of ether oxygens (including phenoxy) is 2. The van der Waals surface area contributed by atoms with Crippen LogP contribution in [0.15, 0.2) is 30.5 Å². The van der Waals surface area contributed by atoms with Crippen molar-refractivity contribution < 1.29 is 9.47 Å². The first-order chi connectivity index (χ1) is 15.7. The van der Waals surface area contributed by atoms with E-state index in [1.165, 1.54) is 50.6 Å². The molecule has 0 bridgehead atoms. The molecule has 1 aliphatic heterocycles. The summed E-state index contributed by atoms with van der Waals surface area (Å²) in [4.78, 5) is 11.9. The van der Waals surface area contributed by atoms with Gasteiger partial charge < -0.3 is 19.7 Å². The molecule has 2 aliphatic carbocycles. The van der Waals surface area contributed by atoms with Gasteiger partial charge in [-0.1, -0.05) is 25.5 Å². The third kappa shape index (κ3) is 5.17. The van der Waals surface area contributed by atoms with Gasteiger partial charge in [-0.05, 0) is 68.1 Å². The summed E-state index contributed by atoms with van der Waals surface area (Å²) in [6.07, 6.45) is 10.7. The molecule has 0 atom stereocenters. The molecule has 6 heteroatoms. The van der Waals surface area contributed by atoms with Gasteiger partial charge in [-0.3, -0.25) is 0 Å². The second-order valence-electron chi connectivity index (χ2n) is 9.77. The van der Waals surface area contributed by atoms with E-state index >= 15 is 0 Å². The molecule has 3 fully saturated rings. The normalized spacial score (nSPS) is 24.1. The van der Waals surface area contributed by atoms with Crippen LogP contribution in [0.1, 0.15) is 51.9 Å². The van der Waals surface area contributed by atoms with Crippen LogP contribution in [0.3, 0.4) is 0 Å². The highest BCUT2D eigenvalue weighted by atomic mass is 16.5. The fourth-order valence-corrected chi connectivity index (χ4v) is 4.86. The molecule has 2 heterocycles. The summed E-state index contributed by atoms with van der Waals surface area (Å²) < 4.78 is 11.8. The van der Waals surface area contributed by atoms with Crippen molar-refractivity contribution in [2.75, 3.05) is 43.1 Å². The maximum Gasteiger partial charge on any atom is 0.226 e. The molecule has 2 saturated carbocycles. The Hall–Kier alpha value is -2.34. The van der Waals surface area contributed by atoms with Gasteiger partial charge in [0.25, 0.3) is 0 Å². The van der Waals surface area contributed by atoms with Gasteiger partial charge in [-0.15, -0.1) is 0 Å². The van der Waals surface area contributed by atoms with Crippen LogP contribution in [-0.4, -0.2) is 48.9 Å². The van der Waals surface area contributed by atoms with E-state index in [1.807, 2.05) is 6.20 Å². The minimum atomic E-state index is 0.462. The summed E-state index contributed by atoms with van der Waals surface area (Å²) >= 11 is 0. The number of aromatic nitrogens is 2. The van der Waals surface area contributed by atoms with Crippen LogP contribution in [0.4, 0.5) is 11.6 Å². The smallest absolute Gasteiger partial charge is 0.226 e. The van der Waals surface area contributed by atoms with E-state index in [2.05, 4.69) is 46.4 Å². The van der Waals surface area contributed by atoms with Crippen LogP contribution in [0.25, 0.3) is 11.1 Å². The van der Waals surface area contributed by atoms with Crippen molar-refractivity contribution in [2.24, 2.45) is 11.8 Å². The third-order valence-electron chi connectivity index (χ3n) is 7.34. The highest BCUT2D eigenvalue weighted by Crippen LogP contribution is 2.33. The highest BCUT2D eigenvalue weighted by molar-refractivity contribution is 5.70. The van der Waals surface area contributed by atoms with Crippen LogP contribution >= 0.6 is 0 Å². The monoisotopic (exact) mass is 436 g/mol. The zero-order chi connectivity index (χ0) is 21.8. The first-order valence-electron chi connectivity index (χ1n) is 12.4. The summed E-state index contributed by atoms with van der Waals surface area (Å²) in [7, 11) is 0. The number of nitrogens with one attached hydrogen (secondary N) is 1. The van der Waals surface area contributed by atoms with E-state index in [-0.39, 0.29) is 0 Å². The summed E-state index contributed by atoms with van der Waals surface area (Å²) in [5.41, 5.74) is 3.31. The molecule has 0 amide bonds. The molecule has 1 aromatic heterocycles. The van der Waals surface area contributed by atoms with Gasteiger partial charge in [0, 0.05) is 31.0 Å². The third-order valence-corrected chi connectivity index (χ3v) is 7.34. The quantitative estimate of drug-likeness (QED) is 0.648. The topological polar surface area (TPSA) is 59.5 Å². The van der Waals surface area contributed by atoms with Gasteiger partial charge in [0.1, 0.15) is 0 Å². The number of hydrogen-bond donors (Lipinski definition) is 1. The predicted octanol–water partition coefficient (Wildman–Crippen LogP) is 5.15. The van der Waals surface area contributed by atoms with Gasteiger partial charge in [-0.25, -0.2) is 4.98 Å². The van der Waals surface area contributed by atoms with Gasteiger partial charge in [-0.2, -0.15) is 4.98 Å². The van der Waals surface area contributed by atoms with Crippen molar-refractivity contribution in [3.05, 3.63) is 30.5 Å². The summed E-state index contributed by atoms with van der Waals surface area (Å²) in [6, 6.07) is 9.16. The molecule has 5 rings (SSSR count). The number of nitrogens with zero attached hydrogens (tertiary/aromatic N) is 3. The Balaban J connectivity index is 1.33. The van der Waals surface area contributed by atoms with Gasteiger partial charge >= 0.3 is 0 Å². The first kappa shape index (κ1) is 21.5. The summed E-state index contributed by atoms with van der Waals surface area (Å²) in [5, 5.41) is 3.57. The molecule has 1 saturated heterocycles. The number of anilines is 2. The average Bonchev–Trinajstić information content (AvgIpc) is 2.81. The molecule has 2 aromatic rings. The van der Waals surface area contributed by atoms with Gasteiger partial charge in [0.15, 0.2) is 0 Å². The second-order valence-corrected chi connectivity index (χ2v) is 9.77. The lowest BCUT2D eigenvalue weighted by Crippen LogP contribution is -2.36. The highest BCUT2D eigenvalue weighted by Gasteiger charge is 2.22. The van der Waals surface area contributed by atoms with E-state index in [0.717, 1.165) is 50.0 Å². The zero-order valence-electron chi connectivity index (χ0n) is 19.3. The van der Waals surface area contributed by atoms with Crippen molar-refractivity contribution in [1.29, 1.82) is 0 Å². The Kier molecular flexibility index (Phi) is 6.77. The summed E-state index contributed by atoms with van der Waals surface area (Å²) in [6.45, 7) is 6.57. The molecular formula is C26H36N4O2. The van der Waals surface area contributed by atoms with E-state index < -0.39 is 0 Å². The van der Waals surface area contributed by atoms with Crippen LogP contribution < -0.4 is 15.0 Å². The zero-order valence-corrected chi connectivity index (χ0v) is 19.3. The Morgan fingerprint density at radius 3 is 2.47 bits per heavy atom. The molecular weight excluding hydrogens is 400 g/mol. The van der Waals surface area contributed by atoms with Crippen molar-refractivity contribution in [1.82, 2.24) is 9.97 Å². The Labute approximate surface area is 191 Å². The lowest BCUT2D eigenvalue weighted by molar-refractivity contribution is 0.122. The molecule has 1 aromatic carbocycles. The molecule has 1 N–H and O–H groups in total. The lowest BCUT2D eigenvalue weighted by Gasteiger charge is -2.29. The molecule has 32 heavy (non-hydrogen) atoms. The fraction of sp³-hybridized carbons (Fsp3) is 0.615. The van der Waals surface area contributed by atoms with E-state index in [4.69, 9.17) is 14.5 Å². The fourth-order valence-electron chi connectivity index (χ4n) is 4.86. The van der Waals surface area contributed by atoms with Crippen molar-refractivity contribution >= 4 is 11.6 Å². The maximum absolute atomic E-state index is 6.27. The second kappa shape index (κ2) is 10.1. The Morgan fingerprint density at radius 1 is 1.03 bits per heavy atom. The summed E-state index contributed by atoms with van der Waals surface area (Å²) in [5.74, 6) is 2.90. The van der Waals surface area contributed by atoms with Crippen molar-refractivity contribution in [3.8, 4) is 17.0 Å². The van der Waals surface area contributed by atoms with Gasteiger partial charge in [0.2, 0.25) is 11.8 Å². The standard InChI is InChI=1S/C26H36N4O2/c1-19-5-9-22(10-6-19)28-26-27-17-24(25(29-26)32-18-20-3-2-4-20)21-7-11-23(12-8-21)30-13-15-31-16-14-30/h7-8,11-12,17,19-20,22H,2-6,9-10,13-16,18H2,1H3,(H,27,28,29). The lowest BCUT2D eigenvalue weighted by atomic mass is 9.86. The van der Waals surface area contributed by atoms with E-state index in [1.54, 1.807) is 0 Å². The first-order valence-corrected chi connectivity index (χ1v) is 12.4. The predicted molar refractivity (Wildman–Crippen MR) is 128 cm³/mol. The van der Waals surface area contributed by atoms with Crippen LogP contribution in [0.5, 0.6) is 5.88 Å². The molecule has 0 unspecified atom stereocenters. The van der Waals surface area contributed by atoms with Crippen molar-refractivity contribution in [2.45, 2.75) is 57.9 Å². The molecule has 0 spiro atoms. The minimum Gasteiger partial charge on any atom is -0.477 e. The number of hydrogen-bond acceptors (Lipinski definition) is 6. The largest absolute Gasteiger partial charge is 0.477 e. The number of rotatable bonds is 7. The van der Waals surface area contributed by atoms with Crippen molar-refractivity contribution in [3.63, 3.8) is 0 Å². The maximum atomic E-state index is 6.27. The number of benzene rings is 1. The van der Waals surface area contributed by atoms with E-state index in [0.29, 0.717) is 23.8 Å². The van der Waals surface area contributed by atoms with Gasteiger partial charge in [0.05, 0.1) is 25.4 Å². The van der Waals surface area contributed by atoms with Crippen LogP contribution in [0.2, 0.25) is 0 Å². The van der Waals surface area contributed by atoms with E-state index in [9.17, 15) is 0 Å². The Bertz CT molecular complexity index is 870. The molecule has 0 radical (unpaired) electrons. The minimum absolute atomic E-state index is 0.462.